The smallest absolute Gasteiger partial charge is 0.261 e. The van der Waals surface area contributed by atoms with Gasteiger partial charge in [0.15, 0.2) is 0 Å². The van der Waals surface area contributed by atoms with Crippen LogP contribution in [0.2, 0.25) is 0 Å². The summed E-state index contributed by atoms with van der Waals surface area (Å²) in [5, 5.41) is 0. The van der Waals surface area contributed by atoms with Crippen molar-refractivity contribution in [2.75, 3.05) is 31.4 Å². The van der Waals surface area contributed by atoms with Gasteiger partial charge in [-0.1, -0.05) is 23.8 Å². The number of piperidine rings is 1. The Bertz CT molecular complexity index is 1220. The first kappa shape index (κ1) is 24.9. The zero-order chi connectivity index (χ0) is 24.8. The highest BCUT2D eigenvalue weighted by atomic mass is 32.2. The number of likely N-dealkylation sites (tertiary alicyclic amines) is 1. The molecule has 0 bridgehead atoms. The summed E-state index contributed by atoms with van der Waals surface area (Å²) < 4.78 is 28.0. The molecule has 0 atom stereocenters. The van der Waals surface area contributed by atoms with Gasteiger partial charge < -0.3 is 9.80 Å². The van der Waals surface area contributed by atoms with Crippen LogP contribution < -0.4 is 4.72 Å². The van der Waals surface area contributed by atoms with Crippen LogP contribution in [0, 0.1) is 6.92 Å². The molecule has 184 valence electrons. The Morgan fingerprint density at radius 3 is 2.34 bits per heavy atom. The Morgan fingerprint density at radius 2 is 1.71 bits per heavy atom. The Labute approximate surface area is 207 Å². The van der Waals surface area contributed by atoms with Gasteiger partial charge in [-0.15, -0.1) is 0 Å². The molecule has 0 unspecified atom stereocenters. The maximum absolute atomic E-state index is 13.1. The van der Waals surface area contributed by atoms with Crippen molar-refractivity contribution >= 4 is 21.6 Å². The lowest BCUT2D eigenvalue weighted by molar-refractivity contribution is 0.0643. The second-order valence-electron chi connectivity index (χ2n) is 9.06. The molecule has 4 rings (SSSR count). The lowest BCUT2D eigenvalue weighted by atomic mass is 10.0. The zero-order valence-electron chi connectivity index (χ0n) is 20.2. The van der Waals surface area contributed by atoms with Gasteiger partial charge in [0, 0.05) is 62.3 Å². The lowest BCUT2D eigenvalue weighted by Crippen LogP contribution is -2.46. The number of carbonyl (C=O) groups excluding carboxylic acids is 1. The molecule has 1 amide bonds. The summed E-state index contributed by atoms with van der Waals surface area (Å²) in [5.74, 6) is -0.0904. The number of pyridine rings is 1. The molecule has 3 aromatic rings. The van der Waals surface area contributed by atoms with Crippen molar-refractivity contribution in [3.63, 3.8) is 0 Å². The highest BCUT2D eigenvalue weighted by Crippen LogP contribution is 2.20. The third-order valence-corrected chi connectivity index (χ3v) is 7.95. The number of benzene rings is 2. The SMILES string of the molecule is Cc1ccc(NS(=O)(=O)c2ccc(C(=O)N(C)C3CCN(CCc4ccccn4)CC3)cc2)cc1. The van der Waals surface area contributed by atoms with Crippen LogP contribution in [0.5, 0.6) is 0 Å². The number of aryl methyl sites for hydroxylation is 1. The number of carbonyl (C=O) groups is 1. The van der Waals surface area contributed by atoms with Crippen LogP contribution in [-0.4, -0.2) is 61.8 Å². The highest BCUT2D eigenvalue weighted by Gasteiger charge is 2.26. The molecule has 1 N–H and O–H groups in total. The average Bonchev–Trinajstić information content (AvgIpc) is 2.89. The number of sulfonamides is 1. The number of hydrogen-bond donors (Lipinski definition) is 1. The van der Waals surface area contributed by atoms with E-state index in [4.69, 9.17) is 0 Å². The molecule has 7 nitrogen and oxygen atoms in total. The number of aromatic nitrogens is 1. The standard InChI is InChI=1S/C27H32N4O3S/c1-21-6-10-24(11-7-21)29-35(33,34)26-12-8-22(9-13-26)27(32)30(2)25-15-19-31(20-16-25)18-14-23-5-3-4-17-28-23/h3-13,17,25,29H,14-16,18-20H2,1-2H3. The molecule has 1 fully saturated rings. The summed E-state index contributed by atoms with van der Waals surface area (Å²) in [6, 6.07) is 19.4. The van der Waals surface area contributed by atoms with Gasteiger partial charge in [0.25, 0.3) is 15.9 Å². The first-order valence-electron chi connectivity index (χ1n) is 11.9. The molecule has 0 saturated carbocycles. The van der Waals surface area contributed by atoms with E-state index in [0.29, 0.717) is 11.3 Å². The summed E-state index contributed by atoms with van der Waals surface area (Å²) in [7, 11) is -1.89. The number of anilines is 1. The fraction of sp³-hybridized carbons (Fsp3) is 0.333. The number of amides is 1. The minimum Gasteiger partial charge on any atom is -0.339 e. The van der Waals surface area contributed by atoms with Gasteiger partial charge in [0.05, 0.1) is 4.90 Å². The molecule has 0 spiro atoms. The molecule has 1 aliphatic rings. The van der Waals surface area contributed by atoms with E-state index in [9.17, 15) is 13.2 Å². The maximum Gasteiger partial charge on any atom is 0.261 e. The van der Waals surface area contributed by atoms with Gasteiger partial charge in [-0.2, -0.15) is 0 Å². The molecular weight excluding hydrogens is 460 g/mol. The van der Waals surface area contributed by atoms with Crippen LogP contribution in [0.15, 0.2) is 77.8 Å². The molecule has 1 aromatic heterocycles. The molecule has 1 saturated heterocycles. The molecule has 8 heteroatoms. The second kappa shape index (κ2) is 11.0. The van der Waals surface area contributed by atoms with Gasteiger partial charge >= 0.3 is 0 Å². The van der Waals surface area contributed by atoms with E-state index in [0.717, 1.165) is 50.2 Å². The maximum atomic E-state index is 13.1. The molecular formula is C27H32N4O3S. The van der Waals surface area contributed by atoms with Gasteiger partial charge in [-0.05, 0) is 68.3 Å². The minimum absolute atomic E-state index is 0.0904. The van der Waals surface area contributed by atoms with E-state index in [1.54, 1.807) is 29.2 Å². The molecule has 0 radical (unpaired) electrons. The topological polar surface area (TPSA) is 82.6 Å². The number of hydrogen-bond acceptors (Lipinski definition) is 5. The third kappa shape index (κ3) is 6.46. The molecule has 2 aromatic carbocycles. The molecule has 1 aliphatic heterocycles. The predicted octanol–water partition coefficient (Wildman–Crippen LogP) is 3.97. The van der Waals surface area contributed by atoms with Crippen LogP contribution >= 0.6 is 0 Å². The summed E-state index contributed by atoms with van der Waals surface area (Å²) in [6.07, 6.45) is 4.58. The third-order valence-electron chi connectivity index (χ3n) is 6.55. The zero-order valence-corrected chi connectivity index (χ0v) is 21.0. The Balaban J connectivity index is 1.31. The van der Waals surface area contributed by atoms with Crippen molar-refractivity contribution in [2.24, 2.45) is 0 Å². The van der Waals surface area contributed by atoms with Crippen molar-refractivity contribution in [2.45, 2.75) is 37.1 Å². The van der Waals surface area contributed by atoms with E-state index in [-0.39, 0.29) is 16.8 Å². The van der Waals surface area contributed by atoms with Gasteiger partial charge in [-0.25, -0.2) is 8.42 Å². The summed E-state index contributed by atoms with van der Waals surface area (Å²) >= 11 is 0. The first-order chi connectivity index (χ1) is 16.8. The van der Waals surface area contributed by atoms with Crippen LogP contribution in [0.25, 0.3) is 0 Å². The van der Waals surface area contributed by atoms with Crippen LogP contribution in [-0.2, 0) is 16.4 Å². The van der Waals surface area contributed by atoms with Crippen molar-refractivity contribution in [1.82, 2.24) is 14.8 Å². The van der Waals surface area contributed by atoms with Gasteiger partial charge in [-0.3, -0.25) is 14.5 Å². The highest BCUT2D eigenvalue weighted by molar-refractivity contribution is 7.92. The van der Waals surface area contributed by atoms with Crippen LogP contribution in [0.4, 0.5) is 5.69 Å². The first-order valence-corrected chi connectivity index (χ1v) is 13.4. The quantitative estimate of drug-likeness (QED) is 0.515. The fourth-order valence-corrected chi connectivity index (χ4v) is 5.39. The Hall–Kier alpha value is -3.23. The molecule has 35 heavy (non-hydrogen) atoms. The predicted molar refractivity (Wildman–Crippen MR) is 138 cm³/mol. The van der Waals surface area contributed by atoms with Gasteiger partial charge in [0.2, 0.25) is 0 Å². The van der Waals surface area contributed by atoms with Crippen LogP contribution in [0.1, 0.15) is 34.5 Å². The Kier molecular flexibility index (Phi) is 7.83. The Morgan fingerprint density at radius 1 is 1.03 bits per heavy atom. The second-order valence-corrected chi connectivity index (χ2v) is 10.7. The van der Waals surface area contributed by atoms with Crippen LogP contribution in [0.3, 0.4) is 0 Å². The van der Waals surface area contributed by atoms with Crippen molar-refractivity contribution in [3.8, 4) is 0 Å². The summed E-state index contributed by atoms with van der Waals surface area (Å²) in [4.78, 5) is 21.8. The van der Waals surface area contributed by atoms with E-state index >= 15 is 0 Å². The summed E-state index contributed by atoms with van der Waals surface area (Å²) in [6.45, 7) is 4.79. The minimum atomic E-state index is -3.73. The van der Waals surface area contributed by atoms with Gasteiger partial charge in [0.1, 0.15) is 0 Å². The lowest BCUT2D eigenvalue weighted by Gasteiger charge is -2.36. The monoisotopic (exact) mass is 492 g/mol. The van der Waals surface area contributed by atoms with E-state index in [1.165, 1.54) is 12.1 Å². The number of rotatable bonds is 8. The largest absolute Gasteiger partial charge is 0.339 e. The molecule has 2 heterocycles. The van der Waals surface area contributed by atoms with E-state index < -0.39 is 10.0 Å². The average molecular weight is 493 g/mol. The summed E-state index contributed by atoms with van der Waals surface area (Å²) in [5.41, 5.74) is 3.14. The van der Waals surface area contributed by atoms with E-state index in [2.05, 4.69) is 14.6 Å². The van der Waals surface area contributed by atoms with Crippen molar-refractivity contribution < 1.29 is 13.2 Å². The molecule has 0 aliphatic carbocycles. The fourth-order valence-electron chi connectivity index (χ4n) is 4.33. The van der Waals surface area contributed by atoms with Crippen molar-refractivity contribution in [1.29, 1.82) is 0 Å². The van der Waals surface area contributed by atoms with E-state index in [1.807, 2.05) is 50.5 Å². The number of nitrogens with zero attached hydrogens (tertiary/aromatic N) is 3. The van der Waals surface area contributed by atoms with Crippen molar-refractivity contribution in [3.05, 3.63) is 89.7 Å². The normalized spacial score (nSPS) is 15.0. The number of nitrogens with one attached hydrogen (secondary N) is 1.